The van der Waals surface area contributed by atoms with Crippen LogP contribution in [0.5, 0.6) is 0 Å². The van der Waals surface area contributed by atoms with Crippen LogP contribution in [0.3, 0.4) is 0 Å². The monoisotopic (exact) mass is 202 g/mol. The van der Waals surface area contributed by atoms with Gasteiger partial charge in [-0.1, -0.05) is 20.8 Å². The minimum atomic E-state index is -0.149. The Bertz CT molecular complexity index is 162. The van der Waals surface area contributed by atoms with Crippen molar-refractivity contribution in [1.29, 1.82) is 0 Å². The van der Waals surface area contributed by atoms with Crippen LogP contribution in [0.1, 0.15) is 55.4 Å². The summed E-state index contributed by atoms with van der Waals surface area (Å²) < 4.78 is 11.4. The topological polar surface area (TPSA) is 18.5 Å². The molecular weight excluding hydrogens is 176 g/mol. The molecule has 0 amide bonds. The Morgan fingerprint density at radius 2 is 1.29 bits per heavy atom. The quantitative estimate of drug-likeness (QED) is 0.651. The van der Waals surface area contributed by atoms with Gasteiger partial charge in [0.1, 0.15) is 0 Å². The average molecular weight is 202 g/mol. The number of hydrogen-bond acceptors (Lipinski definition) is 2. The Balaban J connectivity index is 4.01. The van der Waals surface area contributed by atoms with Gasteiger partial charge in [-0.25, -0.2) is 0 Å². The lowest BCUT2D eigenvalue weighted by Crippen LogP contribution is -2.34. The fourth-order valence-corrected chi connectivity index (χ4v) is 1.02. The van der Waals surface area contributed by atoms with E-state index >= 15 is 0 Å². The van der Waals surface area contributed by atoms with Crippen molar-refractivity contribution >= 4 is 0 Å². The first-order valence-electron chi connectivity index (χ1n) is 5.35. The van der Waals surface area contributed by atoms with Crippen molar-refractivity contribution in [2.45, 2.75) is 73.4 Å². The minimum absolute atomic E-state index is 0.142. The molecule has 0 aromatic rings. The molecule has 0 aliphatic carbocycles. The molecule has 0 aromatic heterocycles. The molecule has 2 heteroatoms. The second kappa shape index (κ2) is 4.63. The van der Waals surface area contributed by atoms with Crippen LogP contribution in [0, 0.1) is 5.41 Å². The van der Waals surface area contributed by atoms with E-state index in [1.54, 1.807) is 0 Å². The maximum Gasteiger partial charge on any atom is 0.155 e. The van der Waals surface area contributed by atoms with E-state index in [1.165, 1.54) is 0 Å². The smallest absolute Gasteiger partial charge is 0.155 e. The van der Waals surface area contributed by atoms with Gasteiger partial charge in [0.25, 0.3) is 0 Å². The standard InChI is InChI=1S/C12H26O2/c1-9(11(3,4)5)13-10(2)14-12(6,7)8/h9-10H,1-8H3. The highest BCUT2D eigenvalue weighted by Gasteiger charge is 2.24. The van der Waals surface area contributed by atoms with E-state index in [0.29, 0.717) is 0 Å². The van der Waals surface area contributed by atoms with E-state index in [-0.39, 0.29) is 23.4 Å². The zero-order chi connectivity index (χ0) is 11.6. The van der Waals surface area contributed by atoms with E-state index in [4.69, 9.17) is 9.47 Å². The van der Waals surface area contributed by atoms with Crippen LogP contribution in [0.15, 0.2) is 0 Å². The van der Waals surface area contributed by atoms with Gasteiger partial charge in [-0.3, -0.25) is 0 Å². The van der Waals surface area contributed by atoms with Crippen LogP contribution in [-0.4, -0.2) is 18.0 Å². The summed E-state index contributed by atoms with van der Waals surface area (Å²) in [7, 11) is 0. The van der Waals surface area contributed by atoms with Crippen molar-refractivity contribution in [2.24, 2.45) is 5.41 Å². The van der Waals surface area contributed by atoms with Crippen LogP contribution < -0.4 is 0 Å². The second-order valence-corrected chi connectivity index (χ2v) is 5.94. The first-order chi connectivity index (χ1) is 6.02. The van der Waals surface area contributed by atoms with Crippen molar-refractivity contribution in [3.8, 4) is 0 Å². The molecule has 0 aromatic carbocycles. The number of hydrogen-bond donors (Lipinski definition) is 0. The lowest BCUT2D eigenvalue weighted by Gasteiger charge is -2.32. The summed E-state index contributed by atoms with van der Waals surface area (Å²) in [5, 5.41) is 0. The molecule has 86 valence electrons. The molecule has 0 saturated carbocycles. The van der Waals surface area contributed by atoms with Crippen molar-refractivity contribution < 1.29 is 9.47 Å². The fraction of sp³-hybridized carbons (Fsp3) is 1.00. The maximum absolute atomic E-state index is 5.77. The summed E-state index contributed by atoms with van der Waals surface area (Å²) in [6, 6.07) is 0. The third kappa shape index (κ3) is 6.39. The van der Waals surface area contributed by atoms with Gasteiger partial charge in [0.05, 0.1) is 11.7 Å². The molecular formula is C12H26O2. The van der Waals surface area contributed by atoms with Gasteiger partial charge in [0.2, 0.25) is 0 Å². The van der Waals surface area contributed by atoms with Crippen molar-refractivity contribution in [2.75, 3.05) is 0 Å². The Kier molecular flexibility index (Phi) is 4.60. The lowest BCUT2D eigenvalue weighted by atomic mass is 9.90. The van der Waals surface area contributed by atoms with E-state index in [1.807, 2.05) is 27.7 Å². The molecule has 0 aliphatic rings. The molecule has 2 atom stereocenters. The Labute approximate surface area is 89.0 Å². The van der Waals surface area contributed by atoms with E-state index < -0.39 is 0 Å². The number of rotatable bonds is 3. The zero-order valence-electron chi connectivity index (χ0n) is 11.0. The molecule has 0 saturated heterocycles. The highest BCUT2D eigenvalue weighted by molar-refractivity contribution is 4.70. The first-order valence-corrected chi connectivity index (χ1v) is 5.35. The molecule has 14 heavy (non-hydrogen) atoms. The third-order valence-electron chi connectivity index (χ3n) is 2.13. The predicted molar refractivity (Wildman–Crippen MR) is 60.3 cm³/mol. The molecule has 0 spiro atoms. The normalized spacial score (nSPS) is 18.0. The molecule has 2 unspecified atom stereocenters. The molecule has 0 aliphatic heterocycles. The summed E-state index contributed by atoms with van der Waals surface area (Å²) in [6.07, 6.45) is 0.0454. The second-order valence-electron chi connectivity index (χ2n) is 5.94. The highest BCUT2D eigenvalue weighted by Crippen LogP contribution is 2.24. The maximum atomic E-state index is 5.77. The average Bonchev–Trinajstić information content (AvgIpc) is 1.79. The van der Waals surface area contributed by atoms with Gasteiger partial charge in [0, 0.05) is 0 Å². The van der Waals surface area contributed by atoms with E-state index in [2.05, 4.69) is 27.7 Å². The van der Waals surface area contributed by atoms with Crippen molar-refractivity contribution in [3.05, 3.63) is 0 Å². The molecule has 0 rings (SSSR count). The largest absolute Gasteiger partial charge is 0.349 e. The zero-order valence-corrected chi connectivity index (χ0v) is 11.0. The van der Waals surface area contributed by atoms with Gasteiger partial charge < -0.3 is 9.47 Å². The molecule has 0 fully saturated rings. The van der Waals surface area contributed by atoms with Gasteiger partial charge >= 0.3 is 0 Å². The van der Waals surface area contributed by atoms with Crippen molar-refractivity contribution in [1.82, 2.24) is 0 Å². The summed E-state index contributed by atoms with van der Waals surface area (Å²) in [5.74, 6) is 0. The van der Waals surface area contributed by atoms with Crippen LogP contribution in [0.25, 0.3) is 0 Å². The predicted octanol–water partition coefficient (Wildman–Crippen LogP) is 3.60. The third-order valence-corrected chi connectivity index (χ3v) is 2.13. The summed E-state index contributed by atoms with van der Waals surface area (Å²) in [4.78, 5) is 0. The van der Waals surface area contributed by atoms with Crippen LogP contribution in [0.2, 0.25) is 0 Å². The van der Waals surface area contributed by atoms with Gasteiger partial charge in [0.15, 0.2) is 6.29 Å². The lowest BCUT2D eigenvalue weighted by molar-refractivity contribution is -0.217. The molecule has 0 radical (unpaired) electrons. The van der Waals surface area contributed by atoms with Gasteiger partial charge in [-0.15, -0.1) is 0 Å². The van der Waals surface area contributed by atoms with Gasteiger partial charge in [-0.2, -0.15) is 0 Å². The van der Waals surface area contributed by atoms with Crippen LogP contribution >= 0.6 is 0 Å². The highest BCUT2D eigenvalue weighted by atomic mass is 16.7. The molecule has 0 heterocycles. The van der Waals surface area contributed by atoms with E-state index in [0.717, 1.165) is 0 Å². The van der Waals surface area contributed by atoms with Crippen LogP contribution in [-0.2, 0) is 9.47 Å². The molecule has 0 N–H and O–H groups in total. The summed E-state index contributed by atoms with van der Waals surface area (Å²) in [6.45, 7) is 16.7. The SMILES string of the molecule is CC(OC(C)C(C)(C)C)OC(C)(C)C. The Hall–Kier alpha value is -0.0800. The summed E-state index contributed by atoms with van der Waals surface area (Å²) in [5.41, 5.74) is 0.0204. The van der Waals surface area contributed by atoms with Crippen LogP contribution in [0.4, 0.5) is 0 Å². The minimum Gasteiger partial charge on any atom is -0.349 e. The number of ether oxygens (including phenoxy) is 2. The van der Waals surface area contributed by atoms with Crippen molar-refractivity contribution in [3.63, 3.8) is 0 Å². The fourth-order valence-electron chi connectivity index (χ4n) is 1.02. The van der Waals surface area contributed by atoms with E-state index in [9.17, 15) is 0 Å². The first kappa shape index (κ1) is 13.9. The Morgan fingerprint density at radius 1 is 0.857 bits per heavy atom. The molecule has 2 nitrogen and oxygen atoms in total. The molecule has 0 bridgehead atoms. The van der Waals surface area contributed by atoms with Gasteiger partial charge in [-0.05, 0) is 40.0 Å². The Morgan fingerprint density at radius 3 is 1.57 bits per heavy atom. The summed E-state index contributed by atoms with van der Waals surface area (Å²) >= 11 is 0.